The lowest BCUT2D eigenvalue weighted by atomic mass is 9.78. The predicted molar refractivity (Wildman–Crippen MR) is 135 cm³/mol. The highest BCUT2D eigenvalue weighted by atomic mass is 32.2. The molecule has 6 heteroatoms. The smallest absolute Gasteiger partial charge is 0.262 e. The highest BCUT2D eigenvalue weighted by Gasteiger charge is 2.31. The molecule has 0 N–H and O–H groups in total. The van der Waals surface area contributed by atoms with Crippen molar-refractivity contribution in [2.24, 2.45) is 11.8 Å². The van der Waals surface area contributed by atoms with Crippen molar-refractivity contribution < 1.29 is 4.79 Å². The van der Waals surface area contributed by atoms with E-state index in [1.807, 2.05) is 71.0 Å². The van der Waals surface area contributed by atoms with E-state index in [4.69, 9.17) is 4.98 Å². The van der Waals surface area contributed by atoms with E-state index in [1.54, 1.807) is 0 Å². The Kier molecular flexibility index (Phi) is 7.53. The van der Waals surface area contributed by atoms with Crippen LogP contribution in [0.15, 0.2) is 64.5 Å². The van der Waals surface area contributed by atoms with Crippen molar-refractivity contribution in [3.8, 4) is 0 Å². The zero-order valence-corrected chi connectivity index (χ0v) is 20.6. The summed E-state index contributed by atoms with van der Waals surface area (Å²) in [7, 11) is 0. The third kappa shape index (κ3) is 5.16. The Morgan fingerprint density at radius 3 is 2.58 bits per heavy atom. The number of hydrogen-bond donors (Lipinski definition) is 0. The van der Waals surface area contributed by atoms with Crippen LogP contribution in [0.2, 0.25) is 0 Å². The molecule has 2 aromatic carbocycles. The van der Waals surface area contributed by atoms with Crippen LogP contribution < -0.4 is 5.56 Å². The minimum Gasteiger partial charge on any atom is -0.338 e. The van der Waals surface area contributed by atoms with Gasteiger partial charge in [0.05, 0.1) is 16.7 Å². The van der Waals surface area contributed by atoms with E-state index >= 15 is 0 Å². The molecule has 1 aliphatic carbocycles. The molecule has 0 bridgehead atoms. The molecule has 5 nitrogen and oxygen atoms in total. The Morgan fingerprint density at radius 2 is 1.82 bits per heavy atom. The van der Waals surface area contributed by atoms with Gasteiger partial charge >= 0.3 is 0 Å². The highest BCUT2D eigenvalue weighted by molar-refractivity contribution is 7.99. The van der Waals surface area contributed by atoms with Crippen LogP contribution in [0.5, 0.6) is 0 Å². The van der Waals surface area contributed by atoms with Gasteiger partial charge in [-0.2, -0.15) is 0 Å². The summed E-state index contributed by atoms with van der Waals surface area (Å²) in [5.74, 6) is 1.27. The molecule has 1 amide bonds. The van der Waals surface area contributed by atoms with Gasteiger partial charge in [0.25, 0.3) is 5.56 Å². The Hall–Kier alpha value is -2.60. The van der Waals surface area contributed by atoms with Crippen molar-refractivity contribution in [3.63, 3.8) is 0 Å². The summed E-state index contributed by atoms with van der Waals surface area (Å²) in [6, 6.07) is 17.7. The van der Waals surface area contributed by atoms with Crippen LogP contribution in [0.1, 0.15) is 51.6 Å². The second-order valence-electron chi connectivity index (χ2n) is 9.10. The number of carbonyl (C=O) groups is 1. The molecule has 0 saturated heterocycles. The first kappa shape index (κ1) is 23.6. The third-order valence-electron chi connectivity index (χ3n) is 7.05. The summed E-state index contributed by atoms with van der Waals surface area (Å²) in [5, 5.41) is 1.31. The summed E-state index contributed by atoms with van der Waals surface area (Å²) in [4.78, 5) is 33.4. The zero-order chi connectivity index (χ0) is 23.4. The number of carbonyl (C=O) groups excluding carboxylic acids is 1. The molecular weight excluding hydrogens is 430 g/mol. The van der Waals surface area contributed by atoms with E-state index in [-0.39, 0.29) is 23.3 Å². The van der Waals surface area contributed by atoms with Crippen LogP contribution >= 0.6 is 11.8 Å². The van der Waals surface area contributed by atoms with E-state index in [0.29, 0.717) is 41.0 Å². The summed E-state index contributed by atoms with van der Waals surface area (Å²) in [6.45, 7) is 7.75. The number of hydrogen-bond acceptors (Lipinski definition) is 4. The van der Waals surface area contributed by atoms with Gasteiger partial charge in [0.15, 0.2) is 5.16 Å². The first-order valence-corrected chi connectivity index (χ1v) is 12.9. The Morgan fingerprint density at radius 1 is 1.09 bits per heavy atom. The maximum atomic E-state index is 13.6. The molecule has 4 rings (SSSR count). The van der Waals surface area contributed by atoms with Gasteiger partial charge in [0.1, 0.15) is 0 Å². The minimum atomic E-state index is 0.0122. The summed E-state index contributed by atoms with van der Waals surface area (Å²) in [6.07, 6.45) is 3.28. The Balaban J connectivity index is 1.62. The van der Waals surface area contributed by atoms with Crippen LogP contribution in [0.3, 0.4) is 0 Å². The fourth-order valence-corrected chi connectivity index (χ4v) is 5.79. The topological polar surface area (TPSA) is 55.2 Å². The molecule has 1 heterocycles. The van der Waals surface area contributed by atoms with Gasteiger partial charge < -0.3 is 4.90 Å². The van der Waals surface area contributed by atoms with Crippen LogP contribution in [0, 0.1) is 11.8 Å². The lowest BCUT2D eigenvalue weighted by Crippen LogP contribution is -2.36. The van der Waals surface area contributed by atoms with Crippen LogP contribution in [0.4, 0.5) is 0 Å². The predicted octanol–water partition coefficient (Wildman–Crippen LogP) is 5.53. The molecular formula is C27H33N3O2S. The Labute approximate surface area is 200 Å². The molecule has 1 aliphatic rings. The molecule has 3 unspecified atom stereocenters. The summed E-state index contributed by atoms with van der Waals surface area (Å²) >= 11 is 1.40. The van der Waals surface area contributed by atoms with Gasteiger partial charge in [-0.15, -0.1) is 0 Å². The number of amides is 1. The second-order valence-corrected chi connectivity index (χ2v) is 10.0. The van der Waals surface area contributed by atoms with Crippen molar-refractivity contribution in [1.29, 1.82) is 0 Å². The first-order valence-electron chi connectivity index (χ1n) is 11.9. The first-order chi connectivity index (χ1) is 16.0. The van der Waals surface area contributed by atoms with Gasteiger partial charge in [-0.05, 0) is 42.9 Å². The average molecular weight is 464 g/mol. The molecule has 0 aliphatic heterocycles. The van der Waals surface area contributed by atoms with Gasteiger partial charge in [-0.25, -0.2) is 4.98 Å². The number of fused-ring (bicyclic) bond motifs is 1. The van der Waals surface area contributed by atoms with E-state index < -0.39 is 0 Å². The molecule has 174 valence electrons. The minimum absolute atomic E-state index is 0.0122. The van der Waals surface area contributed by atoms with E-state index in [1.165, 1.54) is 18.2 Å². The normalized spacial score (nSPS) is 20.6. The van der Waals surface area contributed by atoms with E-state index in [2.05, 4.69) is 13.8 Å². The van der Waals surface area contributed by atoms with Crippen LogP contribution in [0.25, 0.3) is 10.9 Å². The number of aromatic nitrogens is 2. The number of benzene rings is 2. The largest absolute Gasteiger partial charge is 0.338 e. The van der Waals surface area contributed by atoms with Crippen molar-refractivity contribution in [1.82, 2.24) is 14.5 Å². The standard InChI is InChI=1S/C27H33N3O2S/c1-4-29(17-21-12-6-5-7-13-21)25(31)18-33-27-28-23-15-9-8-14-22(23)26(32)30(27)24-16-10-11-19(2)20(24)3/h5-9,12-15,19-20,24H,4,10-11,16-18H2,1-3H3. The monoisotopic (exact) mass is 463 g/mol. The Bertz CT molecular complexity index is 1160. The van der Waals surface area contributed by atoms with Gasteiger partial charge in [-0.1, -0.05) is 80.9 Å². The van der Waals surface area contributed by atoms with Crippen LogP contribution in [-0.4, -0.2) is 32.7 Å². The number of thioether (sulfide) groups is 1. The maximum Gasteiger partial charge on any atom is 0.262 e. The van der Waals surface area contributed by atoms with Crippen molar-refractivity contribution in [2.45, 2.75) is 57.8 Å². The molecule has 0 radical (unpaired) electrons. The lowest BCUT2D eigenvalue weighted by Gasteiger charge is -2.36. The molecule has 0 spiro atoms. The third-order valence-corrected chi connectivity index (χ3v) is 7.98. The molecule has 33 heavy (non-hydrogen) atoms. The fourth-order valence-electron chi connectivity index (χ4n) is 4.84. The highest BCUT2D eigenvalue weighted by Crippen LogP contribution is 2.38. The summed E-state index contributed by atoms with van der Waals surface area (Å²) < 4.78 is 1.90. The molecule has 1 saturated carbocycles. The van der Waals surface area contributed by atoms with Crippen LogP contribution in [-0.2, 0) is 11.3 Å². The van der Waals surface area contributed by atoms with E-state index in [0.717, 1.165) is 18.4 Å². The van der Waals surface area contributed by atoms with E-state index in [9.17, 15) is 9.59 Å². The van der Waals surface area contributed by atoms with Crippen molar-refractivity contribution >= 4 is 28.6 Å². The number of para-hydroxylation sites is 1. The van der Waals surface area contributed by atoms with Gasteiger partial charge in [-0.3, -0.25) is 14.2 Å². The SMILES string of the molecule is CCN(Cc1ccccc1)C(=O)CSc1nc2ccccc2c(=O)n1C1CCCC(C)C1C. The van der Waals surface area contributed by atoms with Gasteiger partial charge in [0.2, 0.25) is 5.91 Å². The quantitative estimate of drug-likeness (QED) is 0.341. The fraction of sp³-hybridized carbons (Fsp3) is 0.444. The van der Waals surface area contributed by atoms with Crippen molar-refractivity contribution in [3.05, 3.63) is 70.5 Å². The molecule has 1 aromatic heterocycles. The summed E-state index contributed by atoms with van der Waals surface area (Å²) in [5.41, 5.74) is 1.82. The van der Waals surface area contributed by atoms with Gasteiger partial charge in [0, 0.05) is 19.1 Å². The number of rotatable bonds is 7. The molecule has 1 fully saturated rings. The molecule has 3 atom stereocenters. The maximum absolute atomic E-state index is 13.6. The molecule has 3 aromatic rings. The average Bonchev–Trinajstić information content (AvgIpc) is 2.84. The zero-order valence-electron chi connectivity index (χ0n) is 19.7. The lowest BCUT2D eigenvalue weighted by molar-refractivity contribution is -0.128. The second kappa shape index (κ2) is 10.6. The van der Waals surface area contributed by atoms with Crippen molar-refractivity contribution in [2.75, 3.05) is 12.3 Å². The number of nitrogens with zero attached hydrogens (tertiary/aromatic N) is 3.